The van der Waals surface area contributed by atoms with Gasteiger partial charge in [-0.15, -0.1) is 0 Å². The van der Waals surface area contributed by atoms with Crippen molar-refractivity contribution in [3.63, 3.8) is 0 Å². The topological polar surface area (TPSA) is 48.9 Å². The average molecular weight is 225 g/mol. The number of H-pyrrole nitrogens is 1. The molecule has 1 aromatic carbocycles. The van der Waals surface area contributed by atoms with Crippen LogP contribution in [-0.4, -0.2) is 15.1 Å². The van der Waals surface area contributed by atoms with Gasteiger partial charge in [-0.05, 0) is 18.6 Å². The van der Waals surface area contributed by atoms with Crippen molar-refractivity contribution in [2.45, 2.75) is 26.7 Å². The van der Waals surface area contributed by atoms with E-state index in [1.54, 1.807) is 0 Å². The van der Waals surface area contributed by atoms with E-state index in [2.05, 4.69) is 23.8 Å². The fourth-order valence-electron chi connectivity index (χ4n) is 1.52. The van der Waals surface area contributed by atoms with Gasteiger partial charge in [0.2, 0.25) is 0 Å². The maximum Gasteiger partial charge on any atom is 0.139 e. The van der Waals surface area contributed by atoms with Crippen LogP contribution in [0.4, 0.5) is 0 Å². The summed E-state index contributed by atoms with van der Waals surface area (Å²) >= 11 is 6.02. The number of hydrogen-bond acceptors (Lipinski definition) is 2. The van der Waals surface area contributed by atoms with Gasteiger partial charge in [0.15, 0.2) is 0 Å². The van der Waals surface area contributed by atoms with Gasteiger partial charge in [0, 0.05) is 5.92 Å². The Balaban J connectivity index is 2.76. The molecule has 2 aromatic rings. The molecular weight excluding hydrogens is 212 g/mol. The van der Waals surface area contributed by atoms with Crippen LogP contribution in [0.15, 0.2) is 6.07 Å². The first kappa shape index (κ1) is 10.3. The Labute approximate surface area is 93.1 Å². The van der Waals surface area contributed by atoms with Crippen molar-refractivity contribution in [3.8, 4) is 5.75 Å². The van der Waals surface area contributed by atoms with Crippen molar-refractivity contribution >= 4 is 22.6 Å². The van der Waals surface area contributed by atoms with E-state index < -0.39 is 0 Å². The third-order valence-electron chi connectivity index (χ3n) is 2.45. The summed E-state index contributed by atoms with van der Waals surface area (Å²) in [5.74, 6) is 1.32. The zero-order valence-electron chi connectivity index (χ0n) is 8.93. The number of imidazole rings is 1. The van der Waals surface area contributed by atoms with Crippen LogP contribution in [0.2, 0.25) is 5.02 Å². The highest BCUT2D eigenvalue weighted by Crippen LogP contribution is 2.34. The second-order valence-electron chi connectivity index (χ2n) is 4.03. The average Bonchev–Trinajstić information content (AvgIpc) is 2.58. The number of aromatic nitrogens is 2. The van der Waals surface area contributed by atoms with Crippen molar-refractivity contribution < 1.29 is 5.11 Å². The number of hydrogen-bond donors (Lipinski definition) is 2. The molecule has 0 atom stereocenters. The fraction of sp³-hybridized carbons (Fsp3) is 0.364. The number of nitrogens with zero attached hydrogens (tertiary/aromatic N) is 1. The number of phenols is 1. The summed E-state index contributed by atoms with van der Waals surface area (Å²) in [6.07, 6.45) is 0. The standard InChI is InChI=1S/C11H13ClN2O/c1-5(2)11-13-7-4-6(3)10(15)8(12)9(7)14-11/h4-5,15H,1-3H3,(H,13,14). The van der Waals surface area contributed by atoms with Gasteiger partial charge >= 0.3 is 0 Å². The maximum absolute atomic E-state index is 9.67. The number of nitrogens with one attached hydrogen (secondary N) is 1. The van der Waals surface area contributed by atoms with E-state index in [4.69, 9.17) is 11.6 Å². The Morgan fingerprint density at radius 3 is 2.73 bits per heavy atom. The molecule has 0 unspecified atom stereocenters. The molecule has 0 saturated carbocycles. The van der Waals surface area contributed by atoms with Crippen molar-refractivity contribution in [1.29, 1.82) is 0 Å². The lowest BCUT2D eigenvalue weighted by atomic mass is 10.2. The van der Waals surface area contributed by atoms with E-state index in [0.717, 1.165) is 16.9 Å². The summed E-state index contributed by atoms with van der Waals surface area (Å²) in [7, 11) is 0. The van der Waals surface area contributed by atoms with Crippen LogP contribution in [0.3, 0.4) is 0 Å². The molecule has 0 aliphatic heterocycles. The van der Waals surface area contributed by atoms with E-state index in [9.17, 15) is 5.11 Å². The molecule has 0 amide bonds. The molecule has 0 bridgehead atoms. The molecule has 1 aromatic heterocycles. The van der Waals surface area contributed by atoms with E-state index >= 15 is 0 Å². The molecule has 0 radical (unpaired) electrons. The number of rotatable bonds is 1. The number of halogens is 1. The summed E-state index contributed by atoms with van der Waals surface area (Å²) < 4.78 is 0. The van der Waals surface area contributed by atoms with Crippen LogP contribution >= 0.6 is 11.6 Å². The van der Waals surface area contributed by atoms with Crippen LogP contribution in [0.5, 0.6) is 5.75 Å². The molecule has 0 spiro atoms. The summed E-state index contributed by atoms with van der Waals surface area (Å²) in [5, 5.41) is 9.99. The lowest BCUT2D eigenvalue weighted by molar-refractivity contribution is 0.472. The van der Waals surface area contributed by atoms with E-state index in [-0.39, 0.29) is 5.75 Å². The monoisotopic (exact) mass is 224 g/mol. The molecule has 15 heavy (non-hydrogen) atoms. The third kappa shape index (κ3) is 1.57. The third-order valence-corrected chi connectivity index (χ3v) is 2.81. The highest BCUT2D eigenvalue weighted by Gasteiger charge is 2.13. The highest BCUT2D eigenvalue weighted by molar-refractivity contribution is 6.36. The molecule has 80 valence electrons. The zero-order valence-corrected chi connectivity index (χ0v) is 9.68. The Morgan fingerprint density at radius 1 is 1.47 bits per heavy atom. The number of phenolic OH excluding ortho intramolecular Hbond substituents is 1. The van der Waals surface area contributed by atoms with Gasteiger partial charge in [-0.1, -0.05) is 25.4 Å². The SMILES string of the molecule is Cc1cc2[nH]c(C(C)C)nc2c(Cl)c1O. The van der Waals surface area contributed by atoms with Crippen molar-refractivity contribution in [2.75, 3.05) is 0 Å². The summed E-state index contributed by atoms with van der Waals surface area (Å²) in [6, 6.07) is 1.86. The maximum atomic E-state index is 9.67. The fourth-order valence-corrected chi connectivity index (χ4v) is 1.81. The number of fused-ring (bicyclic) bond motifs is 1. The minimum Gasteiger partial charge on any atom is -0.506 e. The summed E-state index contributed by atoms with van der Waals surface area (Å²) in [4.78, 5) is 7.56. The molecule has 4 heteroatoms. The molecule has 0 fully saturated rings. The Hall–Kier alpha value is -1.22. The quantitative estimate of drug-likeness (QED) is 0.781. The first-order valence-corrected chi connectivity index (χ1v) is 5.26. The number of aryl methyl sites for hydroxylation is 1. The molecule has 2 rings (SSSR count). The number of aromatic amines is 1. The minimum absolute atomic E-state index is 0.117. The molecule has 0 aliphatic carbocycles. The predicted molar refractivity (Wildman–Crippen MR) is 61.6 cm³/mol. The van der Waals surface area contributed by atoms with Crippen LogP contribution in [0.1, 0.15) is 31.2 Å². The normalized spacial score (nSPS) is 11.5. The Bertz CT molecular complexity index is 517. The minimum atomic E-state index is 0.117. The van der Waals surface area contributed by atoms with Gasteiger partial charge < -0.3 is 10.1 Å². The van der Waals surface area contributed by atoms with Gasteiger partial charge in [0.25, 0.3) is 0 Å². The largest absolute Gasteiger partial charge is 0.506 e. The Morgan fingerprint density at radius 2 is 2.13 bits per heavy atom. The predicted octanol–water partition coefficient (Wildman–Crippen LogP) is 3.35. The summed E-state index contributed by atoms with van der Waals surface area (Å²) in [5.41, 5.74) is 2.27. The summed E-state index contributed by atoms with van der Waals surface area (Å²) in [6.45, 7) is 5.92. The molecule has 0 saturated heterocycles. The van der Waals surface area contributed by atoms with Crippen LogP contribution < -0.4 is 0 Å². The smallest absolute Gasteiger partial charge is 0.139 e. The van der Waals surface area contributed by atoms with Crippen LogP contribution in [0, 0.1) is 6.92 Å². The van der Waals surface area contributed by atoms with Crippen molar-refractivity contribution in [3.05, 3.63) is 22.5 Å². The van der Waals surface area contributed by atoms with Gasteiger partial charge in [-0.25, -0.2) is 4.98 Å². The van der Waals surface area contributed by atoms with E-state index in [0.29, 0.717) is 16.5 Å². The number of aromatic hydroxyl groups is 1. The van der Waals surface area contributed by atoms with Crippen molar-refractivity contribution in [2.24, 2.45) is 0 Å². The lowest BCUT2D eigenvalue weighted by Crippen LogP contribution is -1.88. The molecular formula is C11H13ClN2O. The van der Waals surface area contributed by atoms with Gasteiger partial charge in [-0.3, -0.25) is 0 Å². The van der Waals surface area contributed by atoms with Gasteiger partial charge in [0.05, 0.1) is 5.52 Å². The van der Waals surface area contributed by atoms with Crippen LogP contribution in [0.25, 0.3) is 11.0 Å². The zero-order chi connectivity index (χ0) is 11.2. The lowest BCUT2D eigenvalue weighted by Gasteiger charge is -2.00. The van der Waals surface area contributed by atoms with Crippen LogP contribution in [-0.2, 0) is 0 Å². The second kappa shape index (κ2) is 3.42. The van der Waals surface area contributed by atoms with Gasteiger partial charge in [-0.2, -0.15) is 0 Å². The van der Waals surface area contributed by atoms with E-state index in [1.807, 2.05) is 13.0 Å². The van der Waals surface area contributed by atoms with Crippen molar-refractivity contribution in [1.82, 2.24) is 9.97 Å². The first-order chi connectivity index (χ1) is 7.00. The van der Waals surface area contributed by atoms with Gasteiger partial charge in [0.1, 0.15) is 22.1 Å². The number of benzene rings is 1. The molecule has 3 nitrogen and oxygen atoms in total. The van der Waals surface area contributed by atoms with E-state index in [1.165, 1.54) is 0 Å². The highest BCUT2D eigenvalue weighted by atomic mass is 35.5. The molecule has 1 heterocycles. The molecule has 0 aliphatic rings. The second-order valence-corrected chi connectivity index (χ2v) is 4.41. The first-order valence-electron chi connectivity index (χ1n) is 4.88. The molecule has 2 N–H and O–H groups in total. The Kier molecular flexibility index (Phi) is 2.35.